The second kappa shape index (κ2) is 7.43. The number of halogens is 1. The fourth-order valence-electron chi connectivity index (χ4n) is 4.73. The Bertz CT molecular complexity index is 1440. The summed E-state index contributed by atoms with van der Waals surface area (Å²) >= 11 is 6.31. The maximum Gasteiger partial charge on any atom is 0.274 e. The summed E-state index contributed by atoms with van der Waals surface area (Å²) in [6, 6.07) is 19.3. The molecule has 3 aromatic rings. The van der Waals surface area contributed by atoms with Crippen molar-refractivity contribution in [1.82, 2.24) is 0 Å². The van der Waals surface area contributed by atoms with Crippen molar-refractivity contribution in [3.63, 3.8) is 0 Å². The van der Waals surface area contributed by atoms with Crippen LogP contribution in [-0.2, 0) is 30.8 Å². The molecule has 0 saturated carbocycles. The summed E-state index contributed by atoms with van der Waals surface area (Å²) in [6.45, 7) is 3.94. The van der Waals surface area contributed by atoms with Crippen molar-refractivity contribution in [3.05, 3.63) is 94.0 Å². The van der Waals surface area contributed by atoms with Crippen molar-refractivity contribution in [2.45, 2.75) is 25.3 Å². The molecule has 2 aliphatic heterocycles. The van der Waals surface area contributed by atoms with Gasteiger partial charge in [-0.3, -0.25) is 14.5 Å². The van der Waals surface area contributed by atoms with Gasteiger partial charge in [0.15, 0.2) is 9.84 Å². The second-order valence-corrected chi connectivity index (χ2v) is 10.9. The van der Waals surface area contributed by atoms with Gasteiger partial charge in [-0.15, -0.1) is 0 Å². The van der Waals surface area contributed by atoms with Gasteiger partial charge in [0.25, 0.3) is 10.8 Å². The van der Waals surface area contributed by atoms with Crippen molar-refractivity contribution in [1.29, 1.82) is 0 Å². The molecule has 0 unspecified atom stereocenters. The van der Waals surface area contributed by atoms with Gasteiger partial charge in [-0.1, -0.05) is 60.1 Å². The summed E-state index contributed by atoms with van der Waals surface area (Å²) in [7, 11) is -4.21. The Balaban J connectivity index is 1.75. The lowest BCUT2D eigenvalue weighted by atomic mass is 10.0. The molecule has 2 aliphatic rings. The van der Waals surface area contributed by atoms with E-state index in [1.165, 1.54) is 11.0 Å². The minimum atomic E-state index is -4.21. The largest absolute Gasteiger partial charge is 0.304 e. The van der Waals surface area contributed by atoms with Crippen LogP contribution in [0.5, 0.6) is 0 Å². The molecule has 0 bridgehead atoms. The van der Waals surface area contributed by atoms with E-state index in [9.17, 15) is 18.0 Å². The van der Waals surface area contributed by atoms with Crippen LogP contribution in [0.4, 0.5) is 11.4 Å². The number of para-hydroxylation sites is 1. The zero-order valence-corrected chi connectivity index (χ0v) is 19.7. The Morgan fingerprint density at radius 1 is 0.939 bits per heavy atom. The molecule has 8 heteroatoms. The highest BCUT2D eigenvalue weighted by Crippen LogP contribution is 2.53. The lowest BCUT2D eigenvalue weighted by Crippen LogP contribution is -2.54. The summed E-state index contributed by atoms with van der Waals surface area (Å²) in [4.78, 5) is 27.7. The molecular formula is C25H21ClN2O4S. The van der Waals surface area contributed by atoms with Crippen LogP contribution < -0.4 is 9.80 Å². The number of carbonyl (C=O) groups excluding carboxylic acids is 2. The minimum absolute atomic E-state index is 0.191. The molecule has 33 heavy (non-hydrogen) atoms. The van der Waals surface area contributed by atoms with Gasteiger partial charge in [-0.05, 0) is 48.7 Å². The Hall–Kier alpha value is -3.16. The van der Waals surface area contributed by atoms with E-state index in [-0.39, 0.29) is 17.8 Å². The maximum absolute atomic E-state index is 14.1. The summed E-state index contributed by atoms with van der Waals surface area (Å²) in [6.07, 6.45) is 0. The molecular weight excluding hydrogens is 460 g/mol. The highest BCUT2D eigenvalue weighted by atomic mass is 35.5. The SMILES string of the molecule is Cc1ccc(N2C(=O)CS(=O)(=O)[C@]23C(=O)N(Cc2ccccc2C)c2ccccc23)cc1Cl. The highest BCUT2D eigenvalue weighted by Gasteiger charge is 2.69. The van der Waals surface area contributed by atoms with E-state index in [1.807, 2.05) is 38.1 Å². The molecule has 5 rings (SSSR count). The molecule has 1 fully saturated rings. The van der Waals surface area contributed by atoms with Gasteiger partial charge >= 0.3 is 0 Å². The molecule has 6 nitrogen and oxygen atoms in total. The van der Waals surface area contributed by atoms with Gasteiger partial charge in [0.2, 0.25) is 5.91 Å². The number of benzene rings is 3. The summed E-state index contributed by atoms with van der Waals surface area (Å²) in [5.74, 6) is -2.07. The van der Waals surface area contributed by atoms with E-state index in [0.29, 0.717) is 10.7 Å². The molecule has 2 amide bonds. The number of fused-ring (bicyclic) bond motifs is 2. The second-order valence-electron chi connectivity index (χ2n) is 8.40. The smallest absolute Gasteiger partial charge is 0.274 e. The Morgan fingerprint density at radius 3 is 2.36 bits per heavy atom. The third kappa shape index (κ3) is 2.96. The first-order valence-corrected chi connectivity index (χ1v) is 12.5. The third-order valence-electron chi connectivity index (χ3n) is 6.43. The first kappa shape index (κ1) is 21.7. The fraction of sp³-hybridized carbons (Fsp3) is 0.200. The molecule has 0 N–H and O–H groups in total. The number of nitrogens with zero attached hydrogens (tertiary/aromatic N) is 2. The predicted octanol–water partition coefficient (Wildman–Crippen LogP) is 4.12. The molecule has 1 spiro atoms. The van der Waals surface area contributed by atoms with Crippen LogP contribution in [0.15, 0.2) is 66.7 Å². The van der Waals surface area contributed by atoms with Gasteiger partial charge in [0.05, 0.1) is 12.2 Å². The molecule has 0 radical (unpaired) electrons. The average molecular weight is 481 g/mol. The number of rotatable bonds is 3. The highest BCUT2D eigenvalue weighted by molar-refractivity contribution is 7.94. The molecule has 1 saturated heterocycles. The van der Waals surface area contributed by atoms with E-state index >= 15 is 0 Å². The lowest BCUT2D eigenvalue weighted by Gasteiger charge is -2.33. The van der Waals surface area contributed by atoms with Crippen LogP contribution in [0.1, 0.15) is 22.3 Å². The number of carbonyl (C=O) groups is 2. The van der Waals surface area contributed by atoms with Gasteiger partial charge in [0, 0.05) is 16.3 Å². The van der Waals surface area contributed by atoms with E-state index in [0.717, 1.165) is 21.6 Å². The van der Waals surface area contributed by atoms with Crippen molar-refractivity contribution in [2.24, 2.45) is 0 Å². The zero-order valence-electron chi connectivity index (χ0n) is 18.1. The van der Waals surface area contributed by atoms with Gasteiger partial charge < -0.3 is 4.90 Å². The molecule has 1 atom stereocenters. The van der Waals surface area contributed by atoms with E-state index < -0.39 is 32.3 Å². The van der Waals surface area contributed by atoms with Crippen LogP contribution in [0.25, 0.3) is 0 Å². The molecule has 0 aliphatic carbocycles. The number of sulfone groups is 1. The van der Waals surface area contributed by atoms with Crippen LogP contribution in [-0.4, -0.2) is 26.0 Å². The van der Waals surface area contributed by atoms with Gasteiger partial charge in [-0.2, -0.15) is 0 Å². The first-order chi connectivity index (χ1) is 15.7. The fourth-order valence-corrected chi connectivity index (χ4v) is 6.93. The third-order valence-corrected chi connectivity index (χ3v) is 8.94. The normalized spacial score (nSPS) is 21.2. The van der Waals surface area contributed by atoms with Crippen LogP contribution in [0.2, 0.25) is 5.02 Å². The Kier molecular flexibility index (Phi) is 4.88. The number of amides is 2. The van der Waals surface area contributed by atoms with Gasteiger partial charge in [-0.25, -0.2) is 8.42 Å². The quantitative estimate of drug-likeness (QED) is 0.565. The summed E-state index contributed by atoms with van der Waals surface area (Å²) in [5.41, 5.74) is 3.69. The molecule has 2 heterocycles. The van der Waals surface area contributed by atoms with Crippen molar-refractivity contribution in [3.8, 4) is 0 Å². The van der Waals surface area contributed by atoms with Crippen LogP contribution in [0.3, 0.4) is 0 Å². The molecule has 0 aromatic heterocycles. The number of anilines is 2. The van der Waals surface area contributed by atoms with Crippen LogP contribution in [0, 0.1) is 13.8 Å². The topological polar surface area (TPSA) is 74.8 Å². The van der Waals surface area contributed by atoms with E-state index in [4.69, 9.17) is 11.6 Å². The molecule has 3 aromatic carbocycles. The van der Waals surface area contributed by atoms with Crippen LogP contribution >= 0.6 is 11.6 Å². The summed E-state index contributed by atoms with van der Waals surface area (Å²) < 4.78 is 27.3. The number of hydrogen-bond donors (Lipinski definition) is 0. The maximum atomic E-state index is 14.1. The summed E-state index contributed by atoms with van der Waals surface area (Å²) in [5, 5.41) is 0.384. The Morgan fingerprint density at radius 2 is 1.64 bits per heavy atom. The van der Waals surface area contributed by atoms with E-state index in [2.05, 4.69) is 0 Å². The van der Waals surface area contributed by atoms with Crippen molar-refractivity contribution in [2.75, 3.05) is 15.6 Å². The standard InChI is InChI=1S/C25H21ClN2O4S/c1-16-7-3-4-8-18(16)14-27-22-10-6-5-9-20(22)25(24(27)30)28(23(29)15-33(25,31)32)19-12-11-17(2)21(26)13-19/h3-13H,14-15H2,1-2H3/t25-/m1/s1. The van der Waals surface area contributed by atoms with Crippen molar-refractivity contribution < 1.29 is 18.0 Å². The monoisotopic (exact) mass is 480 g/mol. The van der Waals surface area contributed by atoms with E-state index in [1.54, 1.807) is 36.4 Å². The number of aryl methyl sites for hydroxylation is 2. The minimum Gasteiger partial charge on any atom is -0.304 e. The molecule has 168 valence electrons. The van der Waals surface area contributed by atoms with Gasteiger partial charge in [0.1, 0.15) is 5.75 Å². The zero-order chi connectivity index (χ0) is 23.5. The predicted molar refractivity (Wildman–Crippen MR) is 128 cm³/mol. The number of hydrogen-bond acceptors (Lipinski definition) is 4. The first-order valence-electron chi connectivity index (χ1n) is 10.5. The Labute approximate surface area is 197 Å². The average Bonchev–Trinajstić information content (AvgIpc) is 3.14. The lowest BCUT2D eigenvalue weighted by molar-refractivity contribution is -0.123. The van der Waals surface area contributed by atoms with Crippen molar-refractivity contribution >= 4 is 44.6 Å².